The van der Waals surface area contributed by atoms with Crippen LogP contribution in [0.2, 0.25) is 0 Å². The van der Waals surface area contributed by atoms with Crippen molar-refractivity contribution in [3.63, 3.8) is 0 Å². The number of hydrogen-bond acceptors (Lipinski definition) is 0. The van der Waals surface area contributed by atoms with Gasteiger partial charge >= 0.3 is 0 Å². The van der Waals surface area contributed by atoms with Gasteiger partial charge in [-0.15, -0.1) is 0 Å². The molecule has 1 saturated carbocycles. The lowest BCUT2D eigenvalue weighted by Crippen LogP contribution is -2.09. The van der Waals surface area contributed by atoms with Crippen LogP contribution >= 0.6 is 0 Å². The summed E-state index contributed by atoms with van der Waals surface area (Å²) in [6.07, 6.45) is 1.36. The van der Waals surface area contributed by atoms with Gasteiger partial charge in [0.25, 0.3) is 0 Å². The molecule has 1 aromatic carbocycles. The molecule has 1 fully saturated rings. The molecular formula is C14H12F4. The van der Waals surface area contributed by atoms with Gasteiger partial charge in [0, 0.05) is 23.0 Å². The Balaban J connectivity index is 2.36. The van der Waals surface area contributed by atoms with E-state index in [9.17, 15) is 17.6 Å². The first-order valence-electron chi connectivity index (χ1n) is 5.98. The minimum Gasteiger partial charge on any atom is -0.203 e. The zero-order valence-electron chi connectivity index (χ0n) is 10.1. The van der Waals surface area contributed by atoms with Crippen LogP contribution in [-0.4, -0.2) is 0 Å². The van der Waals surface area contributed by atoms with Crippen molar-refractivity contribution in [2.75, 3.05) is 0 Å². The van der Waals surface area contributed by atoms with Gasteiger partial charge in [-0.05, 0) is 26.7 Å². The molecule has 0 spiro atoms. The summed E-state index contributed by atoms with van der Waals surface area (Å²) in [7, 11) is 0. The molecule has 0 nitrogen and oxygen atoms in total. The van der Waals surface area contributed by atoms with E-state index in [1.54, 1.807) is 0 Å². The molecule has 0 N–H and O–H groups in total. The molecule has 2 aliphatic rings. The number of rotatable bonds is 0. The summed E-state index contributed by atoms with van der Waals surface area (Å²) in [6, 6.07) is 0. The van der Waals surface area contributed by atoms with Gasteiger partial charge in [-0.3, -0.25) is 0 Å². The fraction of sp³-hybridized carbons (Fsp3) is 0.429. The predicted molar refractivity (Wildman–Crippen MR) is 59.4 cm³/mol. The van der Waals surface area contributed by atoms with Crippen molar-refractivity contribution in [2.45, 2.75) is 38.5 Å². The highest BCUT2D eigenvalue weighted by atomic mass is 19.2. The van der Waals surface area contributed by atoms with Gasteiger partial charge in [0.2, 0.25) is 0 Å². The third-order valence-electron chi connectivity index (χ3n) is 4.11. The van der Waals surface area contributed by atoms with Crippen molar-refractivity contribution in [3.05, 3.63) is 45.5 Å². The average molecular weight is 256 g/mol. The Labute approximate surface area is 102 Å². The quantitative estimate of drug-likeness (QED) is 0.276. The van der Waals surface area contributed by atoms with Gasteiger partial charge in [0.15, 0.2) is 23.3 Å². The summed E-state index contributed by atoms with van der Waals surface area (Å²) >= 11 is 0. The minimum atomic E-state index is -1.69. The first kappa shape index (κ1) is 11.8. The maximum Gasteiger partial charge on any atom is 0.197 e. The third-order valence-corrected chi connectivity index (χ3v) is 4.11. The average Bonchev–Trinajstić information content (AvgIpc) is 2.88. The number of benzene rings is 1. The van der Waals surface area contributed by atoms with Crippen LogP contribution in [0.5, 0.6) is 0 Å². The lowest BCUT2D eigenvalue weighted by molar-refractivity contribution is 0.394. The molecule has 0 saturated heterocycles. The second-order valence-electron chi connectivity index (χ2n) is 5.22. The molecule has 2 atom stereocenters. The lowest BCUT2D eigenvalue weighted by atomic mass is 9.90. The number of hydrogen-bond donors (Lipinski definition) is 0. The SMILES string of the molecule is CC(C)=C1[C@H]2CC[C@H]1c1c(F)c(F)c(F)c(F)c12. The fourth-order valence-corrected chi connectivity index (χ4v) is 3.53. The van der Waals surface area contributed by atoms with Crippen LogP contribution in [-0.2, 0) is 0 Å². The summed E-state index contributed by atoms with van der Waals surface area (Å²) in [5.41, 5.74) is 2.00. The van der Waals surface area contributed by atoms with E-state index in [1.807, 2.05) is 13.8 Å². The molecule has 0 radical (unpaired) electrons. The maximum atomic E-state index is 13.8. The van der Waals surface area contributed by atoms with Gasteiger partial charge in [0.1, 0.15) is 0 Å². The Morgan fingerprint density at radius 2 is 1.17 bits per heavy atom. The van der Waals surface area contributed by atoms with Crippen molar-refractivity contribution < 1.29 is 17.6 Å². The Hall–Kier alpha value is -1.32. The van der Waals surface area contributed by atoms with Gasteiger partial charge in [0.05, 0.1) is 0 Å². The van der Waals surface area contributed by atoms with Crippen LogP contribution in [0.3, 0.4) is 0 Å². The molecule has 18 heavy (non-hydrogen) atoms. The molecule has 0 unspecified atom stereocenters. The molecule has 0 amide bonds. The monoisotopic (exact) mass is 256 g/mol. The van der Waals surface area contributed by atoms with Crippen LogP contribution in [0.15, 0.2) is 11.1 Å². The molecule has 1 aromatic rings. The van der Waals surface area contributed by atoms with E-state index < -0.39 is 23.3 Å². The van der Waals surface area contributed by atoms with E-state index in [0.29, 0.717) is 12.8 Å². The lowest BCUT2D eigenvalue weighted by Gasteiger charge is -2.16. The molecule has 0 heterocycles. The van der Waals surface area contributed by atoms with E-state index in [-0.39, 0.29) is 23.0 Å². The number of halogens is 4. The second-order valence-corrected chi connectivity index (χ2v) is 5.22. The van der Waals surface area contributed by atoms with Crippen LogP contribution < -0.4 is 0 Å². The second kappa shape index (κ2) is 3.59. The number of fused-ring (bicyclic) bond motifs is 5. The Morgan fingerprint density at radius 1 is 0.778 bits per heavy atom. The van der Waals surface area contributed by atoms with E-state index in [2.05, 4.69) is 0 Å². The summed E-state index contributed by atoms with van der Waals surface area (Å²) in [6.45, 7) is 3.74. The highest BCUT2D eigenvalue weighted by molar-refractivity contribution is 5.55. The molecule has 4 heteroatoms. The standard InChI is InChI=1S/C14H12F4/c1-5(2)8-6-3-4-7(8)10-9(6)11(15)13(17)14(18)12(10)16/h6-7H,3-4H2,1-2H3/t6-,7-/m1/s1. The summed E-state index contributed by atoms with van der Waals surface area (Å²) in [5, 5.41) is 0. The molecule has 0 aliphatic heterocycles. The van der Waals surface area contributed by atoms with Gasteiger partial charge in [-0.2, -0.15) is 0 Å². The van der Waals surface area contributed by atoms with Gasteiger partial charge in [-0.1, -0.05) is 11.1 Å². The molecule has 2 aliphatic carbocycles. The molecule has 3 rings (SSSR count). The summed E-state index contributed by atoms with van der Waals surface area (Å²) in [5.74, 6) is -6.36. The van der Waals surface area contributed by atoms with Gasteiger partial charge < -0.3 is 0 Å². The molecule has 2 bridgehead atoms. The van der Waals surface area contributed by atoms with Crippen molar-refractivity contribution >= 4 is 0 Å². The Bertz CT molecular complexity index is 537. The van der Waals surface area contributed by atoms with Gasteiger partial charge in [-0.25, -0.2) is 17.6 Å². The third kappa shape index (κ3) is 1.21. The van der Waals surface area contributed by atoms with Crippen LogP contribution in [0, 0.1) is 23.3 Å². The van der Waals surface area contributed by atoms with E-state index in [1.165, 1.54) is 0 Å². The minimum absolute atomic E-state index is 0.0406. The summed E-state index contributed by atoms with van der Waals surface area (Å²) < 4.78 is 54.3. The van der Waals surface area contributed by atoms with Crippen LogP contribution in [0.1, 0.15) is 49.7 Å². The smallest absolute Gasteiger partial charge is 0.197 e. The first-order valence-corrected chi connectivity index (χ1v) is 5.98. The van der Waals surface area contributed by atoms with Crippen molar-refractivity contribution in [3.8, 4) is 0 Å². The first-order chi connectivity index (χ1) is 8.45. The fourth-order valence-electron chi connectivity index (χ4n) is 3.53. The van der Waals surface area contributed by atoms with Crippen LogP contribution in [0.4, 0.5) is 17.6 Å². The van der Waals surface area contributed by atoms with Crippen molar-refractivity contribution in [1.82, 2.24) is 0 Å². The zero-order valence-corrected chi connectivity index (χ0v) is 10.1. The highest BCUT2D eigenvalue weighted by Crippen LogP contribution is 2.59. The van der Waals surface area contributed by atoms with E-state index in [0.717, 1.165) is 11.1 Å². The largest absolute Gasteiger partial charge is 0.203 e. The molecule has 96 valence electrons. The predicted octanol–water partition coefficient (Wildman–Crippen LogP) is 4.55. The maximum absolute atomic E-state index is 13.8. The molecular weight excluding hydrogens is 244 g/mol. The van der Waals surface area contributed by atoms with Crippen molar-refractivity contribution in [2.24, 2.45) is 0 Å². The number of allylic oxidation sites excluding steroid dienone is 2. The highest BCUT2D eigenvalue weighted by Gasteiger charge is 2.47. The van der Waals surface area contributed by atoms with Crippen LogP contribution in [0.25, 0.3) is 0 Å². The van der Waals surface area contributed by atoms with E-state index in [4.69, 9.17) is 0 Å². The summed E-state index contributed by atoms with van der Waals surface area (Å²) in [4.78, 5) is 0. The Morgan fingerprint density at radius 3 is 1.50 bits per heavy atom. The topological polar surface area (TPSA) is 0 Å². The molecule has 0 aromatic heterocycles. The Kier molecular flexibility index (Phi) is 2.34. The van der Waals surface area contributed by atoms with Crippen molar-refractivity contribution in [1.29, 1.82) is 0 Å². The normalized spacial score (nSPS) is 24.7. The van der Waals surface area contributed by atoms with E-state index >= 15 is 0 Å². The zero-order chi connectivity index (χ0) is 13.2.